The first-order chi connectivity index (χ1) is 5.63. The van der Waals surface area contributed by atoms with E-state index in [1.54, 1.807) is 0 Å². The highest BCUT2D eigenvalue weighted by molar-refractivity contribution is 4.74. The van der Waals surface area contributed by atoms with Gasteiger partial charge in [-0.15, -0.1) is 0 Å². The molecule has 0 aliphatic rings. The first-order valence-electron chi connectivity index (χ1n) is 4.28. The zero-order chi connectivity index (χ0) is 9.56. The fourth-order valence-corrected chi connectivity index (χ4v) is 0.948. The standard InChI is InChI=1S/C8H18O4/c1-2-3-4-6(10)8(12)7(11)5-9/h6-12H,2-5H2,1H3/t6?,7-,8+/m1/s1. The van der Waals surface area contributed by atoms with Crippen molar-refractivity contribution in [1.82, 2.24) is 0 Å². The van der Waals surface area contributed by atoms with Gasteiger partial charge in [0.2, 0.25) is 0 Å². The minimum atomic E-state index is -1.24. The maximum Gasteiger partial charge on any atom is 0.108 e. The molecule has 0 saturated carbocycles. The predicted molar refractivity (Wildman–Crippen MR) is 44.6 cm³/mol. The van der Waals surface area contributed by atoms with Crippen LogP contribution in [0.4, 0.5) is 0 Å². The maximum atomic E-state index is 9.23. The van der Waals surface area contributed by atoms with Crippen LogP contribution in [0.5, 0.6) is 0 Å². The fourth-order valence-electron chi connectivity index (χ4n) is 0.948. The van der Waals surface area contributed by atoms with Gasteiger partial charge in [0.25, 0.3) is 0 Å². The number of hydrogen-bond acceptors (Lipinski definition) is 4. The van der Waals surface area contributed by atoms with Crippen molar-refractivity contribution in [2.24, 2.45) is 0 Å². The van der Waals surface area contributed by atoms with Crippen molar-refractivity contribution in [3.8, 4) is 0 Å². The molecular formula is C8H18O4. The van der Waals surface area contributed by atoms with E-state index in [1.807, 2.05) is 6.92 Å². The Morgan fingerprint density at radius 1 is 1.08 bits per heavy atom. The van der Waals surface area contributed by atoms with E-state index in [4.69, 9.17) is 15.3 Å². The lowest BCUT2D eigenvalue weighted by Gasteiger charge is -2.20. The summed E-state index contributed by atoms with van der Waals surface area (Å²) < 4.78 is 0. The van der Waals surface area contributed by atoms with Gasteiger partial charge < -0.3 is 20.4 Å². The summed E-state index contributed by atoms with van der Waals surface area (Å²) in [5.74, 6) is 0. The van der Waals surface area contributed by atoms with Crippen LogP contribution < -0.4 is 0 Å². The molecule has 3 atom stereocenters. The summed E-state index contributed by atoms with van der Waals surface area (Å²) in [6.45, 7) is 1.45. The Balaban J connectivity index is 3.67. The summed E-state index contributed by atoms with van der Waals surface area (Å²) >= 11 is 0. The number of hydrogen-bond donors (Lipinski definition) is 4. The topological polar surface area (TPSA) is 80.9 Å². The first kappa shape index (κ1) is 11.8. The molecular weight excluding hydrogens is 160 g/mol. The van der Waals surface area contributed by atoms with Gasteiger partial charge in [-0.25, -0.2) is 0 Å². The molecule has 0 bridgehead atoms. The molecule has 12 heavy (non-hydrogen) atoms. The molecule has 0 rings (SSSR count). The molecule has 4 heteroatoms. The summed E-state index contributed by atoms with van der Waals surface area (Å²) in [6, 6.07) is 0. The number of aliphatic hydroxyl groups excluding tert-OH is 4. The Morgan fingerprint density at radius 3 is 2.08 bits per heavy atom. The second-order valence-electron chi connectivity index (χ2n) is 2.95. The first-order valence-corrected chi connectivity index (χ1v) is 4.28. The van der Waals surface area contributed by atoms with Gasteiger partial charge >= 0.3 is 0 Å². The Labute approximate surface area is 72.5 Å². The normalized spacial score (nSPS) is 18.8. The van der Waals surface area contributed by atoms with Crippen molar-refractivity contribution < 1.29 is 20.4 Å². The Morgan fingerprint density at radius 2 is 1.67 bits per heavy atom. The predicted octanol–water partition coefficient (Wildman–Crippen LogP) is -0.748. The smallest absolute Gasteiger partial charge is 0.108 e. The molecule has 0 aromatic carbocycles. The van der Waals surface area contributed by atoms with Crippen molar-refractivity contribution in [2.75, 3.05) is 6.61 Å². The lowest BCUT2D eigenvalue weighted by Crippen LogP contribution is -2.39. The molecule has 0 amide bonds. The summed E-state index contributed by atoms with van der Waals surface area (Å²) in [6.07, 6.45) is -1.23. The molecule has 0 spiro atoms. The minimum absolute atomic E-state index is 0.453. The van der Waals surface area contributed by atoms with Crippen LogP contribution >= 0.6 is 0 Å². The third-order valence-electron chi connectivity index (χ3n) is 1.83. The van der Waals surface area contributed by atoms with Gasteiger partial charge in [-0.1, -0.05) is 19.8 Å². The Kier molecular flexibility index (Phi) is 6.28. The van der Waals surface area contributed by atoms with E-state index in [-0.39, 0.29) is 0 Å². The van der Waals surface area contributed by atoms with E-state index >= 15 is 0 Å². The molecule has 4 N–H and O–H groups in total. The van der Waals surface area contributed by atoms with Crippen LogP contribution in [0.25, 0.3) is 0 Å². The van der Waals surface area contributed by atoms with Crippen LogP contribution in [0.3, 0.4) is 0 Å². The van der Waals surface area contributed by atoms with Gasteiger partial charge in [-0.2, -0.15) is 0 Å². The molecule has 4 nitrogen and oxygen atoms in total. The van der Waals surface area contributed by atoms with Gasteiger partial charge in [0, 0.05) is 0 Å². The molecule has 0 fully saturated rings. The van der Waals surface area contributed by atoms with Crippen molar-refractivity contribution in [1.29, 1.82) is 0 Å². The van der Waals surface area contributed by atoms with Crippen molar-refractivity contribution >= 4 is 0 Å². The Bertz CT molecular complexity index is 107. The van der Waals surface area contributed by atoms with Gasteiger partial charge in [0.15, 0.2) is 0 Å². The molecule has 0 aromatic rings. The maximum absolute atomic E-state index is 9.23. The molecule has 0 aromatic heterocycles. The SMILES string of the molecule is CCCCC(O)[C@H](O)[C@H](O)CO. The quantitative estimate of drug-likeness (QED) is 0.431. The zero-order valence-electron chi connectivity index (χ0n) is 7.35. The summed E-state index contributed by atoms with van der Waals surface area (Å²) in [5.41, 5.74) is 0. The van der Waals surface area contributed by atoms with Crippen molar-refractivity contribution in [2.45, 2.75) is 44.5 Å². The van der Waals surface area contributed by atoms with Gasteiger partial charge in [-0.05, 0) is 6.42 Å². The van der Waals surface area contributed by atoms with Gasteiger partial charge in [0.1, 0.15) is 12.2 Å². The van der Waals surface area contributed by atoms with Crippen LogP contribution in [0, 0.1) is 0 Å². The fraction of sp³-hybridized carbons (Fsp3) is 1.00. The average Bonchev–Trinajstić information content (AvgIpc) is 2.11. The lowest BCUT2D eigenvalue weighted by molar-refractivity contribution is -0.0786. The van der Waals surface area contributed by atoms with Gasteiger partial charge in [-0.3, -0.25) is 0 Å². The van der Waals surface area contributed by atoms with Gasteiger partial charge in [0.05, 0.1) is 12.7 Å². The molecule has 0 radical (unpaired) electrons. The van der Waals surface area contributed by atoms with E-state index in [2.05, 4.69) is 0 Å². The zero-order valence-corrected chi connectivity index (χ0v) is 7.35. The highest BCUT2D eigenvalue weighted by atomic mass is 16.4. The second-order valence-corrected chi connectivity index (χ2v) is 2.95. The summed E-state index contributed by atoms with van der Waals surface area (Å²) in [4.78, 5) is 0. The largest absolute Gasteiger partial charge is 0.394 e. The number of rotatable bonds is 6. The van der Waals surface area contributed by atoms with E-state index in [0.29, 0.717) is 6.42 Å². The number of aliphatic hydroxyl groups is 4. The highest BCUT2D eigenvalue weighted by Crippen LogP contribution is 2.07. The van der Waals surface area contributed by atoms with E-state index < -0.39 is 24.9 Å². The lowest BCUT2D eigenvalue weighted by atomic mass is 10.0. The summed E-state index contributed by atoms with van der Waals surface area (Å²) in [7, 11) is 0. The molecule has 0 saturated heterocycles. The molecule has 0 heterocycles. The molecule has 74 valence electrons. The molecule has 1 unspecified atom stereocenters. The van der Waals surface area contributed by atoms with Crippen LogP contribution in [-0.4, -0.2) is 45.3 Å². The van der Waals surface area contributed by atoms with E-state index in [9.17, 15) is 5.11 Å². The van der Waals surface area contributed by atoms with E-state index in [0.717, 1.165) is 12.8 Å². The molecule has 0 aliphatic heterocycles. The van der Waals surface area contributed by atoms with Crippen LogP contribution in [0.15, 0.2) is 0 Å². The van der Waals surface area contributed by atoms with Crippen LogP contribution in [0.1, 0.15) is 26.2 Å². The Hall–Kier alpha value is -0.160. The number of unbranched alkanes of at least 4 members (excludes halogenated alkanes) is 1. The summed E-state index contributed by atoms with van der Waals surface area (Å²) in [5, 5.41) is 35.8. The third kappa shape index (κ3) is 4.01. The minimum Gasteiger partial charge on any atom is -0.394 e. The third-order valence-corrected chi connectivity index (χ3v) is 1.83. The molecule has 0 aliphatic carbocycles. The monoisotopic (exact) mass is 178 g/mol. The van der Waals surface area contributed by atoms with Crippen LogP contribution in [0.2, 0.25) is 0 Å². The van der Waals surface area contributed by atoms with Crippen LogP contribution in [-0.2, 0) is 0 Å². The average molecular weight is 178 g/mol. The van der Waals surface area contributed by atoms with E-state index in [1.165, 1.54) is 0 Å². The highest BCUT2D eigenvalue weighted by Gasteiger charge is 2.22. The second kappa shape index (κ2) is 6.37. The van der Waals surface area contributed by atoms with Crippen molar-refractivity contribution in [3.63, 3.8) is 0 Å². The van der Waals surface area contributed by atoms with Crippen molar-refractivity contribution in [3.05, 3.63) is 0 Å².